The van der Waals surface area contributed by atoms with Crippen molar-refractivity contribution in [1.29, 1.82) is 0 Å². The lowest BCUT2D eigenvalue weighted by Gasteiger charge is -2.27. The SMILES string of the molecule is c1ccc(-c2ccc(N(c3ccc(-c4ccc(-c5cccc6c5c5ccccc5c5c6c(-c6ccccc6)c6ccccn65)cc4)cc3)c3cccc4ccccc34)cc2)cc1. The van der Waals surface area contributed by atoms with Gasteiger partial charge in [0, 0.05) is 39.3 Å². The van der Waals surface area contributed by atoms with Gasteiger partial charge >= 0.3 is 0 Å². The summed E-state index contributed by atoms with van der Waals surface area (Å²) < 4.78 is 2.38. The van der Waals surface area contributed by atoms with Crippen molar-refractivity contribution in [2.75, 3.05) is 4.90 Å². The first-order valence-electron chi connectivity index (χ1n) is 21.3. The van der Waals surface area contributed by atoms with Crippen molar-refractivity contribution in [3.63, 3.8) is 0 Å². The lowest BCUT2D eigenvalue weighted by atomic mass is 9.89. The quantitative estimate of drug-likeness (QED) is 0.146. The Morgan fingerprint density at radius 1 is 0.306 bits per heavy atom. The van der Waals surface area contributed by atoms with E-state index in [-0.39, 0.29) is 0 Å². The predicted molar refractivity (Wildman–Crippen MR) is 264 cm³/mol. The van der Waals surface area contributed by atoms with E-state index in [1.54, 1.807) is 0 Å². The topological polar surface area (TPSA) is 7.65 Å². The predicted octanol–water partition coefficient (Wildman–Crippen LogP) is 16.7. The molecule has 12 rings (SSSR count). The van der Waals surface area contributed by atoms with Gasteiger partial charge in [-0.05, 0) is 103 Å². The monoisotopic (exact) mass is 788 g/mol. The molecule has 0 aliphatic heterocycles. The molecule has 2 heteroatoms. The van der Waals surface area contributed by atoms with Crippen molar-refractivity contribution in [2.45, 2.75) is 0 Å². The standard InChI is InChI=1S/C60H40N2/c1-3-15-41(16-4-1)43-32-36-48(37-33-43)62(55-27-13-20-45-17-7-8-21-50(45)55)49-38-34-44(35-39-49)42-28-30-46(31-29-42)51-24-14-25-54-58(51)52-22-9-10-23-53(52)60-59(54)57(47-18-5-2-6-19-47)56-26-11-12-40-61(56)60/h1-40H. The molecule has 0 saturated carbocycles. The van der Waals surface area contributed by atoms with Gasteiger partial charge in [-0.3, -0.25) is 0 Å². The van der Waals surface area contributed by atoms with E-state index in [1.165, 1.54) is 93.2 Å². The molecule has 0 bridgehead atoms. The van der Waals surface area contributed by atoms with Gasteiger partial charge in [0.05, 0.1) is 16.7 Å². The van der Waals surface area contributed by atoms with E-state index in [9.17, 15) is 0 Å². The molecule has 0 saturated heterocycles. The van der Waals surface area contributed by atoms with E-state index >= 15 is 0 Å². The molecule has 290 valence electrons. The van der Waals surface area contributed by atoms with Gasteiger partial charge in [-0.2, -0.15) is 0 Å². The molecular formula is C60H40N2. The Labute approximate surface area is 360 Å². The van der Waals surface area contributed by atoms with Gasteiger partial charge in [-0.1, -0.05) is 194 Å². The van der Waals surface area contributed by atoms with Gasteiger partial charge in [0.15, 0.2) is 0 Å². The molecule has 0 unspecified atom stereocenters. The van der Waals surface area contributed by atoms with Gasteiger partial charge in [0.1, 0.15) is 0 Å². The molecule has 2 aromatic heterocycles. The zero-order valence-corrected chi connectivity index (χ0v) is 34.0. The van der Waals surface area contributed by atoms with E-state index < -0.39 is 0 Å². The molecule has 10 aromatic carbocycles. The van der Waals surface area contributed by atoms with Crippen molar-refractivity contribution in [3.05, 3.63) is 243 Å². The van der Waals surface area contributed by atoms with E-state index in [0.717, 1.165) is 17.1 Å². The zero-order valence-electron chi connectivity index (χ0n) is 34.0. The number of anilines is 3. The number of hydrogen-bond acceptors (Lipinski definition) is 1. The molecule has 2 heterocycles. The van der Waals surface area contributed by atoms with E-state index in [2.05, 4.69) is 252 Å². The smallest absolute Gasteiger partial charge is 0.0620 e. The van der Waals surface area contributed by atoms with Crippen LogP contribution in [0.4, 0.5) is 17.1 Å². The summed E-state index contributed by atoms with van der Waals surface area (Å²) in [4.78, 5) is 2.38. The lowest BCUT2D eigenvalue weighted by molar-refractivity contribution is 1.26. The summed E-state index contributed by atoms with van der Waals surface area (Å²) in [6, 6.07) is 86.0. The van der Waals surface area contributed by atoms with Crippen molar-refractivity contribution in [2.24, 2.45) is 0 Å². The van der Waals surface area contributed by atoms with Gasteiger partial charge in [0.2, 0.25) is 0 Å². The van der Waals surface area contributed by atoms with Crippen LogP contribution < -0.4 is 4.90 Å². The summed E-state index contributed by atoms with van der Waals surface area (Å²) in [6.45, 7) is 0. The summed E-state index contributed by atoms with van der Waals surface area (Å²) in [6.07, 6.45) is 2.21. The Hall–Kier alpha value is -8.20. The number of fused-ring (bicyclic) bond motifs is 9. The van der Waals surface area contributed by atoms with Crippen LogP contribution >= 0.6 is 0 Å². The molecule has 12 aromatic rings. The fourth-order valence-electron chi connectivity index (χ4n) is 9.74. The van der Waals surface area contributed by atoms with Crippen molar-refractivity contribution < 1.29 is 0 Å². The van der Waals surface area contributed by atoms with Crippen molar-refractivity contribution in [1.82, 2.24) is 4.40 Å². The van der Waals surface area contributed by atoms with Crippen molar-refractivity contribution >= 4 is 65.8 Å². The minimum atomic E-state index is 1.11. The van der Waals surface area contributed by atoms with Crippen LogP contribution in [-0.2, 0) is 0 Å². The highest BCUT2D eigenvalue weighted by Crippen LogP contribution is 2.47. The van der Waals surface area contributed by atoms with Crippen LogP contribution in [0.5, 0.6) is 0 Å². The zero-order chi connectivity index (χ0) is 41.0. The van der Waals surface area contributed by atoms with Crippen LogP contribution in [0.3, 0.4) is 0 Å². The van der Waals surface area contributed by atoms with E-state index in [4.69, 9.17) is 0 Å². The Bertz CT molecular complexity index is 3580. The van der Waals surface area contributed by atoms with Gasteiger partial charge < -0.3 is 9.30 Å². The maximum absolute atomic E-state index is 2.38. The van der Waals surface area contributed by atoms with E-state index in [0.29, 0.717) is 0 Å². The number of hydrogen-bond donors (Lipinski definition) is 0. The average Bonchev–Trinajstić information content (AvgIpc) is 3.71. The van der Waals surface area contributed by atoms with Gasteiger partial charge in [0.25, 0.3) is 0 Å². The van der Waals surface area contributed by atoms with Crippen LogP contribution in [0.15, 0.2) is 243 Å². The third kappa shape index (κ3) is 5.88. The van der Waals surface area contributed by atoms with Crippen LogP contribution in [0.1, 0.15) is 0 Å². The molecule has 0 spiro atoms. The third-order valence-corrected chi connectivity index (χ3v) is 12.6. The molecule has 0 amide bonds. The summed E-state index contributed by atoms with van der Waals surface area (Å²) >= 11 is 0. The highest BCUT2D eigenvalue weighted by atomic mass is 15.1. The van der Waals surface area contributed by atoms with Crippen LogP contribution in [0.25, 0.3) is 93.2 Å². The fourth-order valence-corrected chi connectivity index (χ4v) is 9.74. The second-order valence-electron chi connectivity index (χ2n) is 16.1. The van der Waals surface area contributed by atoms with Crippen molar-refractivity contribution in [3.8, 4) is 44.5 Å². The molecule has 0 atom stereocenters. The highest BCUT2D eigenvalue weighted by Gasteiger charge is 2.21. The Balaban J connectivity index is 0.951. The minimum absolute atomic E-state index is 1.11. The number of benzene rings is 10. The maximum atomic E-state index is 2.38. The normalized spacial score (nSPS) is 11.5. The summed E-state index contributed by atoms with van der Waals surface area (Å²) in [5.74, 6) is 0. The molecule has 62 heavy (non-hydrogen) atoms. The van der Waals surface area contributed by atoms with Crippen LogP contribution in [0, 0.1) is 0 Å². The Morgan fingerprint density at radius 2 is 0.806 bits per heavy atom. The second kappa shape index (κ2) is 14.8. The molecule has 0 radical (unpaired) electrons. The Kier molecular flexibility index (Phi) is 8.53. The molecule has 0 aliphatic carbocycles. The lowest BCUT2D eigenvalue weighted by Crippen LogP contribution is -2.10. The number of nitrogens with zero attached hydrogens (tertiary/aromatic N) is 2. The largest absolute Gasteiger partial charge is 0.315 e. The molecule has 0 N–H and O–H groups in total. The first kappa shape index (κ1) is 35.7. The maximum Gasteiger partial charge on any atom is 0.0620 e. The number of aromatic nitrogens is 1. The number of rotatable bonds is 7. The molecule has 0 aliphatic rings. The first-order valence-corrected chi connectivity index (χ1v) is 21.3. The second-order valence-corrected chi connectivity index (χ2v) is 16.1. The summed E-state index contributed by atoms with van der Waals surface area (Å²) in [5.41, 5.74) is 15.5. The van der Waals surface area contributed by atoms with Crippen LogP contribution in [-0.4, -0.2) is 4.40 Å². The first-order chi connectivity index (χ1) is 30.8. The molecule has 0 fully saturated rings. The Morgan fingerprint density at radius 3 is 1.50 bits per heavy atom. The molecule has 2 nitrogen and oxygen atoms in total. The highest BCUT2D eigenvalue weighted by molar-refractivity contribution is 6.32. The summed E-state index contributed by atoms with van der Waals surface area (Å²) in [7, 11) is 0. The van der Waals surface area contributed by atoms with Crippen LogP contribution in [0.2, 0.25) is 0 Å². The third-order valence-electron chi connectivity index (χ3n) is 12.6. The minimum Gasteiger partial charge on any atom is -0.315 e. The number of pyridine rings is 1. The summed E-state index contributed by atoms with van der Waals surface area (Å²) in [5, 5.41) is 8.79. The fraction of sp³-hybridized carbons (Fsp3) is 0. The molecular weight excluding hydrogens is 749 g/mol. The van der Waals surface area contributed by atoms with Gasteiger partial charge in [-0.25, -0.2) is 0 Å². The van der Waals surface area contributed by atoms with Gasteiger partial charge in [-0.15, -0.1) is 0 Å². The average molecular weight is 789 g/mol. The van der Waals surface area contributed by atoms with E-state index in [1.807, 2.05) is 0 Å².